The molecule has 0 aliphatic rings. The van der Waals surface area contributed by atoms with E-state index in [2.05, 4.69) is 37.4 Å². The SMILES string of the molecule is COc1cc(NCc2c(C)cccc2C)ccc1Cl. The molecule has 0 bridgehead atoms. The standard InChI is InChI=1S/C16H18ClNO/c1-11-5-4-6-12(2)14(11)10-18-13-7-8-15(17)16(9-13)19-3/h4-9,18H,10H2,1-3H3. The molecule has 2 nitrogen and oxygen atoms in total. The Bertz CT molecular complexity index is 561. The highest BCUT2D eigenvalue weighted by molar-refractivity contribution is 6.32. The third-order valence-corrected chi connectivity index (χ3v) is 3.58. The molecule has 0 saturated heterocycles. The highest BCUT2D eigenvalue weighted by atomic mass is 35.5. The van der Waals surface area contributed by atoms with Gasteiger partial charge in [0.25, 0.3) is 0 Å². The van der Waals surface area contributed by atoms with E-state index < -0.39 is 0 Å². The number of anilines is 1. The number of halogens is 1. The lowest BCUT2D eigenvalue weighted by Crippen LogP contribution is -2.03. The van der Waals surface area contributed by atoms with Gasteiger partial charge in [0.15, 0.2) is 0 Å². The Kier molecular flexibility index (Phi) is 4.33. The molecule has 0 atom stereocenters. The first kappa shape index (κ1) is 13.8. The quantitative estimate of drug-likeness (QED) is 0.882. The van der Waals surface area contributed by atoms with E-state index >= 15 is 0 Å². The number of rotatable bonds is 4. The molecule has 0 aliphatic carbocycles. The number of aryl methyl sites for hydroxylation is 2. The van der Waals surface area contributed by atoms with E-state index in [4.69, 9.17) is 16.3 Å². The zero-order valence-electron chi connectivity index (χ0n) is 11.5. The van der Waals surface area contributed by atoms with Crippen molar-refractivity contribution in [3.05, 3.63) is 58.1 Å². The molecule has 2 aromatic rings. The molecule has 100 valence electrons. The zero-order valence-corrected chi connectivity index (χ0v) is 12.2. The Hall–Kier alpha value is -1.67. The predicted molar refractivity (Wildman–Crippen MR) is 81.2 cm³/mol. The predicted octanol–water partition coefficient (Wildman–Crippen LogP) is 4.58. The van der Waals surface area contributed by atoms with Gasteiger partial charge >= 0.3 is 0 Å². The summed E-state index contributed by atoms with van der Waals surface area (Å²) in [7, 11) is 1.62. The number of benzene rings is 2. The Morgan fingerprint density at radius 1 is 1.11 bits per heavy atom. The first-order chi connectivity index (χ1) is 9.11. The first-order valence-electron chi connectivity index (χ1n) is 6.24. The summed E-state index contributed by atoms with van der Waals surface area (Å²) in [5.74, 6) is 0.688. The van der Waals surface area contributed by atoms with Crippen molar-refractivity contribution in [1.29, 1.82) is 0 Å². The highest BCUT2D eigenvalue weighted by Gasteiger charge is 2.04. The van der Waals surface area contributed by atoms with Crippen molar-refractivity contribution in [3.8, 4) is 5.75 Å². The van der Waals surface area contributed by atoms with Gasteiger partial charge in [-0.25, -0.2) is 0 Å². The monoisotopic (exact) mass is 275 g/mol. The topological polar surface area (TPSA) is 21.3 Å². The molecule has 1 N–H and O–H groups in total. The van der Waals surface area contributed by atoms with Gasteiger partial charge in [-0.15, -0.1) is 0 Å². The summed E-state index contributed by atoms with van der Waals surface area (Å²) >= 11 is 6.01. The second-order valence-corrected chi connectivity index (χ2v) is 4.98. The normalized spacial score (nSPS) is 10.3. The van der Waals surface area contributed by atoms with Gasteiger partial charge < -0.3 is 10.1 Å². The van der Waals surface area contributed by atoms with Gasteiger partial charge in [-0.3, -0.25) is 0 Å². The van der Waals surface area contributed by atoms with Gasteiger partial charge in [0, 0.05) is 18.3 Å². The first-order valence-corrected chi connectivity index (χ1v) is 6.62. The van der Waals surface area contributed by atoms with Crippen LogP contribution >= 0.6 is 11.6 Å². The molecule has 0 heterocycles. The number of nitrogens with one attached hydrogen (secondary N) is 1. The van der Waals surface area contributed by atoms with Crippen molar-refractivity contribution in [2.24, 2.45) is 0 Å². The van der Waals surface area contributed by atoms with Crippen molar-refractivity contribution in [2.75, 3.05) is 12.4 Å². The average molecular weight is 276 g/mol. The smallest absolute Gasteiger partial charge is 0.139 e. The van der Waals surface area contributed by atoms with E-state index in [0.29, 0.717) is 10.8 Å². The third-order valence-electron chi connectivity index (χ3n) is 3.26. The molecule has 0 radical (unpaired) electrons. The van der Waals surface area contributed by atoms with Crippen LogP contribution in [0.25, 0.3) is 0 Å². The van der Waals surface area contributed by atoms with Crippen molar-refractivity contribution in [3.63, 3.8) is 0 Å². The Labute approximate surface area is 119 Å². The summed E-state index contributed by atoms with van der Waals surface area (Å²) in [5, 5.41) is 4.03. The zero-order chi connectivity index (χ0) is 13.8. The Morgan fingerprint density at radius 3 is 2.42 bits per heavy atom. The van der Waals surface area contributed by atoms with Crippen LogP contribution in [0.3, 0.4) is 0 Å². The Balaban J connectivity index is 2.15. The fourth-order valence-corrected chi connectivity index (χ4v) is 2.28. The molecular weight excluding hydrogens is 258 g/mol. The van der Waals surface area contributed by atoms with Crippen molar-refractivity contribution >= 4 is 17.3 Å². The van der Waals surface area contributed by atoms with E-state index in [1.807, 2.05) is 18.2 Å². The van der Waals surface area contributed by atoms with Crippen LogP contribution in [-0.4, -0.2) is 7.11 Å². The fraction of sp³-hybridized carbons (Fsp3) is 0.250. The number of ether oxygens (including phenoxy) is 1. The number of hydrogen-bond acceptors (Lipinski definition) is 2. The van der Waals surface area contributed by atoms with Crippen molar-refractivity contribution in [1.82, 2.24) is 0 Å². The molecular formula is C16H18ClNO. The minimum atomic E-state index is 0.625. The summed E-state index contributed by atoms with van der Waals surface area (Å²) in [5.41, 5.74) is 4.93. The molecule has 0 saturated carbocycles. The van der Waals surface area contributed by atoms with Gasteiger partial charge in [-0.1, -0.05) is 29.8 Å². The molecule has 0 spiro atoms. The van der Waals surface area contributed by atoms with Crippen LogP contribution < -0.4 is 10.1 Å². The lowest BCUT2D eigenvalue weighted by molar-refractivity contribution is 0.415. The van der Waals surface area contributed by atoms with E-state index in [1.165, 1.54) is 16.7 Å². The van der Waals surface area contributed by atoms with E-state index in [0.717, 1.165) is 12.2 Å². The van der Waals surface area contributed by atoms with Gasteiger partial charge in [-0.05, 0) is 42.7 Å². The van der Waals surface area contributed by atoms with Crippen LogP contribution in [0.15, 0.2) is 36.4 Å². The van der Waals surface area contributed by atoms with Gasteiger partial charge in [-0.2, -0.15) is 0 Å². The summed E-state index contributed by atoms with van der Waals surface area (Å²) in [4.78, 5) is 0. The van der Waals surface area contributed by atoms with Crippen LogP contribution in [0.4, 0.5) is 5.69 Å². The largest absolute Gasteiger partial charge is 0.495 e. The molecule has 2 rings (SSSR count). The molecule has 0 aromatic heterocycles. The van der Waals surface area contributed by atoms with Crippen LogP contribution in [0.5, 0.6) is 5.75 Å². The van der Waals surface area contributed by atoms with Crippen LogP contribution in [-0.2, 0) is 6.54 Å². The summed E-state index contributed by atoms with van der Waals surface area (Å²) in [6.07, 6.45) is 0. The van der Waals surface area contributed by atoms with E-state index in [1.54, 1.807) is 7.11 Å². The molecule has 0 unspecified atom stereocenters. The second-order valence-electron chi connectivity index (χ2n) is 4.57. The summed E-state index contributed by atoms with van der Waals surface area (Å²) < 4.78 is 5.21. The minimum absolute atomic E-state index is 0.625. The molecule has 0 fully saturated rings. The number of hydrogen-bond donors (Lipinski definition) is 1. The lowest BCUT2D eigenvalue weighted by atomic mass is 10.0. The lowest BCUT2D eigenvalue weighted by Gasteiger charge is -2.13. The second kappa shape index (κ2) is 5.98. The van der Waals surface area contributed by atoms with Gasteiger partial charge in [0.1, 0.15) is 5.75 Å². The van der Waals surface area contributed by atoms with Crippen LogP contribution in [0, 0.1) is 13.8 Å². The summed E-state index contributed by atoms with van der Waals surface area (Å²) in [6.45, 7) is 5.06. The van der Waals surface area contributed by atoms with Gasteiger partial charge in [0.05, 0.1) is 12.1 Å². The fourth-order valence-electron chi connectivity index (χ4n) is 2.09. The summed E-state index contributed by atoms with van der Waals surface area (Å²) in [6, 6.07) is 12.1. The van der Waals surface area contributed by atoms with Gasteiger partial charge in [0.2, 0.25) is 0 Å². The van der Waals surface area contributed by atoms with Crippen molar-refractivity contribution < 1.29 is 4.74 Å². The van der Waals surface area contributed by atoms with Crippen LogP contribution in [0.1, 0.15) is 16.7 Å². The van der Waals surface area contributed by atoms with Crippen LogP contribution in [0.2, 0.25) is 5.02 Å². The van der Waals surface area contributed by atoms with E-state index in [9.17, 15) is 0 Å². The molecule has 0 aliphatic heterocycles. The number of methoxy groups -OCH3 is 1. The molecule has 2 aromatic carbocycles. The van der Waals surface area contributed by atoms with E-state index in [-0.39, 0.29) is 0 Å². The minimum Gasteiger partial charge on any atom is -0.495 e. The van der Waals surface area contributed by atoms with Crippen molar-refractivity contribution in [2.45, 2.75) is 20.4 Å². The average Bonchev–Trinajstić information content (AvgIpc) is 2.40. The maximum atomic E-state index is 6.01. The Morgan fingerprint density at radius 2 is 1.79 bits per heavy atom. The highest BCUT2D eigenvalue weighted by Crippen LogP contribution is 2.27. The molecule has 3 heteroatoms. The molecule has 19 heavy (non-hydrogen) atoms. The third kappa shape index (κ3) is 3.21. The maximum absolute atomic E-state index is 6.01. The maximum Gasteiger partial charge on any atom is 0.139 e. The molecule has 0 amide bonds.